The molecule has 0 bridgehead atoms. The Morgan fingerprint density at radius 1 is 1.11 bits per heavy atom. The molecule has 0 spiro atoms. The van der Waals surface area contributed by atoms with E-state index in [0.717, 1.165) is 42.3 Å². The predicted molar refractivity (Wildman–Crippen MR) is 147 cm³/mol. The molecule has 37 heavy (non-hydrogen) atoms. The van der Waals surface area contributed by atoms with Crippen LogP contribution < -0.4 is 20.9 Å². The number of rotatable bonds is 7. The van der Waals surface area contributed by atoms with Gasteiger partial charge in [0.15, 0.2) is 5.82 Å². The van der Waals surface area contributed by atoms with Crippen LogP contribution >= 0.6 is 11.8 Å². The lowest BCUT2D eigenvalue weighted by atomic mass is 10.2. The van der Waals surface area contributed by atoms with Crippen LogP contribution in [0.5, 0.6) is 0 Å². The van der Waals surface area contributed by atoms with Crippen molar-refractivity contribution >= 4 is 40.9 Å². The SMILES string of the molecule is CC1COCCN1c1cc(CSC2CCNC2=O)nc(-c2ccc(NC(=O)Nc3ccccc3)cc2)n1. The number of carbonyl (C=O) groups is 2. The molecule has 3 heterocycles. The van der Waals surface area contributed by atoms with Crippen LogP contribution in [0.25, 0.3) is 11.4 Å². The molecule has 3 N–H and O–H groups in total. The molecule has 2 unspecified atom stereocenters. The van der Waals surface area contributed by atoms with E-state index < -0.39 is 0 Å². The quantitative estimate of drug-likeness (QED) is 0.432. The zero-order chi connectivity index (χ0) is 25.6. The van der Waals surface area contributed by atoms with E-state index in [1.165, 1.54) is 0 Å². The zero-order valence-electron chi connectivity index (χ0n) is 20.6. The van der Waals surface area contributed by atoms with Crippen LogP contribution in [0.1, 0.15) is 19.0 Å². The Kier molecular flexibility index (Phi) is 7.86. The Morgan fingerprint density at radius 3 is 2.57 bits per heavy atom. The van der Waals surface area contributed by atoms with Gasteiger partial charge in [0.1, 0.15) is 5.82 Å². The monoisotopic (exact) mass is 518 g/mol. The number of aromatic nitrogens is 2. The van der Waals surface area contributed by atoms with Crippen molar-refractivity contribution in [1.82, 2.24) is 15.3 Å². The molecule has 2 saturated heterocycles. The number of urea groups is 1. The predicted octanol–water partition coefficient (Wildman–Crippen LogP) is 4.13. The molecular weight excluding hydrogens is 488 g/mol. The number of benzene rings is 2. The Morgan fingerprint density at radius 2 is 1.86 bits per heavy atom. The lowest BCUT2D eigenvalue weighted by molar-refractivity contribution is -0.118. The van der Waals surface area contributed by atoms with Gasteiger partial charge >= 0.3 is 6.03 Å². The molecule has 2 aliphatic rings. The zero-order valence-corrected chi connectivity index (χ0v) is 21.5. The minimum atomic E-state index is -0.311. The van der Waals surface area contributed by atoms with Crippen molar-refractivity contribution in [1.29, 1.82) is 0 Å². The summed E-state index contributed by atoms with van der Waals surface area (Å²) in [4.78, 5) is 36.3. The molecule has 0 saturated carbocycles. The molecule has 2 aliphatic heterocycles. The van der Waals surface area contributed by atoms with E-state index in [1.54, 1.807) is 11.8 Å². The number of morpholine rings is 1. The van der Waals surface area contributed by atoms with Gasteiger partial charge in [-0.2, -0.15) is 0 Å². The summed E-state index contributed by atoms with van der Waals surface area (Å²) >= 11 is 1.62. The molecule has 9 nitrogen and oxygen atoms in total. The molecule has 3 aromatic rings. The normalized spacial score (nSPS) is 19.4. The average molecular weight is 519 g/mol. The minimum Gasteiger partial charge on any atom is -0.377 e. The third-order valence-corrected chi connectivity index (χ3v) is 7.61. The van der Waals surface area contributed by atoms with Crippen molar-refractivity contribution in [2.75, 3.05) is 41.8 Å². The van der Waals surface area contributed by atoms with Crippen LogP contribution in [0.4, 0.5) is 22.0 Å². The van der Waals surface area contributed by atoms with Crippen molar-refractivity contribution in [2.24, 2.45) is 0 Å². The summed E-state index contributed by atoms with van der Waals surface area (Å²) in [7, 11) is 0. The van der Waals surface area contributed by atoms with Crippen molar-refractivity contribution < 1.29 is 14.3 Å². The van der Waals surface area contributed by atoms with Crippen LogP contribution in [0, 0.1) is 0 Å². The fourth-order valence-electron chi connectivity index (χ4n) is 4.33. The number of thioether (sulfide) groups is 1. The molecule has 192 valence electrons. The molecular formula is C27H30N6O3S. The minimum absolute atomic E-state index is 0.0448. The number of ether oxygens (including phenoxy) is 1. The van der Waals surface area contributed by atoms with E-state index in [4.69, 9.17) is 14.7 Å². The van der Waals surface area contributed by atoms with Gasteiger partial charge in [-0.15, -0.1) is 11.8 Å². The third kappa shape index (κ3) is 6.39. The standard InChI is InChI=1S/C27H30N6O3S/c1-18-16-36-14-13-33(18)24-15-22(17-37-23-11-12-28-26(23)34)29-25(32-24)19-7-9-21(10-8-19)31-27(35)30-20-5-3-2-4-6-20/h2-10,15,18,23H,11-14,16-17H2,1H3,(H,28,34)(H2,30,31,35). The molecule has 10 heteroatoms. The molecule has 0 radical (unpaired) electrons. The Hall–Kier alpha value is -3.63. The van der Waals surface area contributed by atoms with Crippen LogP contribution in [-0.2, 0) is 15.3 Å². The van der Waals surface area contributed by atoms with Crippen LogP contribution in [0.2, 0.25) is 0 Å². The summed E-state index contributed by atoms with van der Waals surface area (Å²) in [5.41, 5.74) is 3.12. The Labute approximate surface area is 220 Å². The number of nitrogens with zero attached hydrogens (tertiary/aromatic N) is 3. The highest BCUT2D eigenvalue weighted by Gasteiger charge is 2.26. The molecule has 3 amide bonds. The summed E-state index contributed by atoms with van der Waals surface area (Å²) in [6.45, 7) is 4.91. The van der Waals surface area contributed by atoms with Gasteiger partial charge in [-0.25, -0.2) is 14.8 Å². The second kappa shape index (κ2) is 11.6. The van der Waals surface area contributed by atoms with Gasteiger partial charge in [0, 0.05) is 41.8 Å². The maximum absolute atomic E-state index is 12.3. The molecule has 2 aromatic carbocycles. The number of anilines is 3. The largest absolute Gasteiger partial charge is 0.377 e. The van der Waals surface area contributed by atoms with Crippen LogP contribution in [0.3, 0.4) is 0 Å². The van der Waals surface area contributed by atoms with Crippen LogP contribution in [-0.4, -0.2) is 59.5 Å². The lowest BCUT2D eigenvalue weighted by Gasteiger charge is -2.34. The molecule has 0 aliphatic carbocycles. The maximum Gasteiger partial charge on any atom is 0.323 e. The van der Waals surface area contributed by atoms with Gasteiger partial charge in [-0.1, -0.05) is 18.2 Å². The highest BCUT2D eigenvalue weighted by molar-refractivity contribution is 7.99. The first-order chi connectivity index (χ1) is 18.0. The number of carbonyl (C=O) groups excluding carboxylic acids is 2. The summed E-state index contributed by atoms with van der Waals surface area (Å²) in [6, 6.07) is 18.7. The first kappa shape index (κ1) is 25.0. The molecule has 2 fully saturated rings. The van der Waals surface area contributed by atoms with Crippen LogP contribution in [0.15, 0.2) is 60.7 Å². The summed E-state index contributed by atoms with van der Waals surface area (Å²) in [5.74, 6) is 2.19. The van der Waals surface area contributed by atoms with Crippen molar-refractivity contribution in [2.45, 2.75) is 30.4 Å². The summed E-state index contributed by atoms with van der Waals surface area (Å²) < 4.78 is 5.61. The van der Waals surface area contributed by atoms with Gasteiger partial charge in [-0.3, -0.25) is 4.79 Å². The molecule has 2 atom stereocenters. The van der Waals surface area contributed by atoms with E-state index in [-0.39, 0.29) is 23.2 Å². The van der Waals surface area contributed by atoms with Gasteiger partial charge in [0.25, 0.3) is 0 Å². The van der Waals surface area contributed by atoms with Crippen molar-refractivity contribution in [3.8, 4) is 11.4 Å². The first-order valence-electron chi connectivity index (χ1n) is 12.4. The summed E-state index contributed by atoms with van der Waals surface area (Å²) in [5, 5.41) is 8.51. The second-order valence-electron chi connectivity index (χ2n) is 9.06. The van der Waals surface area contributed by atoms with Gasteiger partial charge < -0.3 is 25.6 Å². The fourth-order valence-corrected chi connectivity index (χ4v) is 5.37. The fraction of sp³-hybridized carbons (Fsp3) is 0.333. The van der Waals surface area contributed by atoms with Crippen molar-refractivity contribution in [3.63, 3.8) is 0 Å². The Balaban J connectivity index is 1.34. The number of amides is 3. The van der Waals surface area contributed by atoms with Gasteiger partial charge in [0.05, 0.1) is 30.2 Å². The topological polar surface area (TPSA) is 108 Å². The first-order valence-corrected chi connectivity index (χ1v) is 13.5. The molecule has 5 rings (SSSR count). The van der Waals surface area contributed by atoms with Gasteiger partial charge in [0.2, 0.25) is 5.91 Å². The van der Waals surface area contributed by atoms with E-state index in [1.807, 2.05) is 60.7 Å². The number of hydrogen-bond donors (Lipinski definition) is 3. The van der Waals surface area contributed by atoms with E-state index in [2.05, 4.69) is 27.8 Å². The number of hydrogen-bond acceptors (Lipinski definition) is 7. The summed E-state index contributed by atoms with van der Waals surface area (Å²) in [6.07, 6.45) is 0.834. The smallest absolute Gasteiger partial charge is 0.323 e. The highest BCUT2D eigenvalue weighted by atomic mass is 32.2. The maximum atomic E-state index is 12.3. The number of nitrogens with one attached hydrogen (secondary N) is 3. The van der Waals surface area contributed by atoms with E-state index in [9.17, 15) is 9.59 Å². The lowest BCUT2D eigenvalue weighted by Crippen LogP contribution is -2.44. The average Bonchev–Trinajstić information content (AvgIpc) is 3.33. The Bertz CT molecular complexity index is 1240. The second-order valence-corrected chi connectivity index (χ2v) is 10.3. The highest BCUT2D eigenvalue weighted by Crippen LogP contribution is 2.28. The van der Waals surface area contributed by atoms with Crippen molar-refractivity contribution in [3.05, 3.63) is 66.4 Å². The molecule has 1 aromatic heterocycles. The van der Waals surface area contributed by atoms with E-state index in [0.29, 0.717) is 30.5 Å². The number of para-hydroxylation sites is 1. The van der Waals surface area contributed by atoms with E-state index >= 15 is 0 Å². The third-order valence-electron chi connectivity index (χ3n) is 6.29. The van der Waals surface area contributed by atoms with Gasteiger partial charge in [-0.05, 0) is 49.7 Å².